The number of nitrogens with zero attached hydrogens (tertiary/aromatic N) is 9. The van der Waals surface area contributed by atoms with E-state index >= 15 is 0 Å². The van der Waals surface area contributed by atoms with Crippen LogP contribution >= 0.6 is 0 Å². The zero-order valence-corrected chi connectivity index (χ0v) is 67.8. The van der Waals surface area contributed by atoms with Crippen molar-refractivity contribution in [1.82, 2.24) is 44.4 Å². The van der Waals surface area contributed by atoms with Gasteiger partial charge in [-0.15, -0.1) is 0 Å². The summed E-state index contributed by atoms with van der Waals surface area (Å²) in [5.41, 5.74) is 28.8. The Hall–Kier alpha value is -16.9. The Balaban J connectivity index is 0.000000148. The molecule has 9 nitrogen and oxygen atoms in total. The van der Waals surface area contributed by atoms with E-state index in [1.165, 1.54) is 43.7 Å². The molecule has 0 aliphatic rings. The summed E-state index contributed by atoms with van der Waals surface area (Å²) < 4.78 is 2.32. The molecular formula is C116H75N9. The van der Waals surface area contributed by atoms with E-state index < -0.39 is 0 Å². The minimum Gasteiger partial charge on any atom is -0.309 e. The maximum atomic E-state index is 5.15. The van der Waals surface area contributed by atoms with Gasteiger partial charge in [0, 0.05) is 93.3 Å². The monoisotopic (exact) mass is 1590 g/mol. The Kier molecular flexibility index (Phi) is 19.5. The van der Waals surface area contributed by atoms with Gasteiger partial charge in [0.05, 0.1) is 33.5 Å². The van der Waals surface area contributed by atoms with Crippen molar-refractivity contribution in [2.75, 3.05) is 0 Å². The molecule has 0 spiro atoms. The van der Waals surface area contributed by atoms with E-state index in [2.05, 4.69) is 405 Å². The molecule has 23 aromatic rings. The van der Waals surface area contributed by atoms with Crippen molar-refractivity contribution in [3.8, 4) is 163 Å². The fourth-order valence-electron chi connectivity index (χ4n) is 17.4. The van der Waals surface area contributed by atoms with Gasteiger partial charge in [0.25, 0.3) is 0 Å². The Labute approximate surface area is 723 Å². The van der Waals surface area contributed by atoms with E-state index in [0.717, 1.165) is 150 Å². The number of benzene rings is 18. The molecule has 0 radical (unpaired) electrons. The lowest BCUT2D eigenvalue weighted by atomic mass is 9.92. The molecule has 0 atom stereocenters. The molecule has 0 amide bonds. The van der Waals surface area contributed by atoms with Crippen LogP contribution in [-0.4, -0.2) is 44.4 Å². The molecule has 18 aromatic carbocycles. The van der Waals surface area contributed by atoms with Crippen LogP contribution in [0.1, 0.15) is 0 Å². The van der Waals surface area contributed by atoms with Crippen LogP contribution in [0.25, 0.3) is 228 Å². The molecule has 0 unspecified atom stereocenters. The average molecular weight is 1590 g/mol. The zero-order valence-electron chi connectivity index (χ0n) is 67.8. The molecule has 0 aliphatic heterocycles. The smallest absolute Gasteiger partial charge is 0.164 e. The second-order valence-electron chi connectivity index (χ2n) is 31.2. The summed E-state index contributed by atoms with van der Waals surface area (Å²) in [6, 6.07) is 159. The highest BCUT2D eigenvalue weighted by Gasteiger charge is 2.22. The van der Waals surface area contributed by atoms with Crippen LogP contribution in [0.2, 0.25) is 0 Å². The third-order valence-electron chi connectivity index (χ3n) is 23.6. The molecule has 0 N–H and O–H groups in total. The maximum Gasteiger partial charge on any atom is 0.164 e. The summed E-state index contributed by atoms with van der Waals surface area (Å²) in [4.78, 5) is 40.7. The van der Waals surface area contributed by atoms with Gasteiger partial charge < -0.3 is 4.57 Å². The Morgan fingerprint density at radius 2 is 0.384 bits per heavy atom. The largest absolute Gasteiger partial charge is 0.309 e. The van der Waals surface area contributed by atoms with Crippen LogP contribution < -0.4 is 0 Å². The fourth-order valence-corrected chi connectivity index (χ4v) is 17.4. The van der Waals surface area contributed by atoms with Gasteiger partial charge in [-0.05, 0) is 127 Å². The summed E-state index contributed by atoms with van der Waals surface area (Å²) in [5, 5.41) is 9.48. The first-order chi connectivity index (χ1) is 61.9. The lowest BCUT2D eigenvalue weighted by Crippen LogP contribution is -2.00. The van der Waals surface area contributed by atoms with Crippen molar-refractivity contribution in [2.24, 2.45) is 0 Å². The quantitative estimate of drug-likeness (QED) is 0.0934. The van der Waals surface area contributed by atoms with Crippen molar-refractivity contribution >= 4 is 65.2 Å². The number of hydrogen-bond acceptors (Lipinski definition) is 8. The average Bonchev–Trinajstić information content (AvgIpc) is 0.907. The summed E-state index contributed by atoms with van der Waals surface area (Å²) in [5.74, 6) is 3.75. The van der Waals surface area contributed by atoms with Crippen molar-refractivity contribution in [3.05, 3.63) is 455 Å². The standard InChI is InChI=1S/C58H37N5.C58H38N4/c1-3-14-41(15-4-1)55-50-22-13-21-46(54(50)49-20-7-10-23-51(49)59-55)40-30-26-38(27-31-40)39-28-32-43(33-29-39)57-60-56(42-16-5-2-6-17-42)61-58(62-57)44-34-36-45(37-35-44)63-52-24-11-8-18-47(52)48-19-9-12-25-53(48)63;1-4-15-39(16-5-1)46-21-12-23-48(37-46)57-60-56(61-58(62-57)49-24-13-22-47(38-49)40-17-6-2-7-18-40)45-35-31-42(32-36-45)41-29-33-43(34-30-41)50-26-14-27-52-54(50)51-25-10-11-28-53(51)59-55(52)44-19-8-3-9-20-44/h1-37H;1-38H. The van der Waals surface area contributed by atoms with Gasteiger partial charge in [-0.1, -0.05) is 394 Å². The molecule has 5 aromatic heterocycles. The molecule has 0 bridgehead atoms. The number of pyridine rings is 2. The number of fused-ring (bicyclic) bond motifs is 9. The van der Waals surface area contributed by atoms with Crippen molar-refractivity contribution < 1.29 is 0 Å². The first-order valence-electron chi connectivity index (χ1n) is 42.1. The molecule has 0 fully saturated rings. The van der Waals surface area contributed by atoms with Gasteiger partial charge in [-0.2, -0.15) is 0 Å². The van der Waals surface area contributed by atoms with Gasteiger partial charge >= 0.3 is 0 Å². The second kappa shape index (κ2) is 32.7. The van der Waals surface area contributed by atoms with Crippen LogP contribution in [0.4, 0.5) is 0 Å². The van der Waals surface area contributed by atoms with E-state index in [9.17, 15) is 0 Å². The molecule has 5 heterocycles. The lowest BCUT2D eigenvalue weighted by molar-refractivity contribution is 1.07. The van der Waals surface area contributed by atoms with Crippen molar-refractivity contribution in [1.29, 1.82) is 0 Å². The molecule has 9 heteroatoms. The Morgan fingerprint density at radius 1 is 0.144 bits per heavy atom. The van der Waals surface area contributed by atoms with Gasteiger partial charge in [0.15, 0.2) is 34.9 Å². The van der Waals surface area contributed by atoms with Crippen LogP contribution in [0.3, 0.4) is 0 Å². The fraction of sp³-hybridized carbons (Fsp3) is 0. The normalized spacial score (nSPS) is 11.4. The number of hydrogen-bond donors (Lipinski definition) is 0. The van der Waals surface area contributed by atoms with Gasteiger partial charge in [0.1, 0.15) is 0 Å². The van der Waals surface area contributed by atoms with Crippen LogP contribution in [0.15, 0.2) is 455 Å². The van der Waals surface area contributed by atoms with Crippen LogP contribution in [-0.2, 0) is 0 Å². The predicted molar refractivity (Wildman–Crippen MR) is 516 cm³/mol. The van der Waals surface area contributed by atoms with Crippen LogP contribution in [0, 0.1) is 0 Å². The molecule has 0 saturated heterocycles. The van der Waals surface area contributed by atoms with E-state index in [0.29, 0.717) is 34.9 Å². The minimum atomic E-state index is 0.620. The van der Waals surface area contributed by atoms with E-state index in [1.807, 2.05) is 54.6 Å². The van der Waals surface area contributed by atoms with Gasteiger partial charge in [-0.25, -0.2) is 39.9 Å². The molecule has 125 heavy (non-hydrogen) atoms. The minimum absolute atomic E-state index is 0.620. The molecule has 0 saturated carbocycles. The SMILES string of the molecule is c1ccc(-c2cccc(-c3nc(-c4ccc(-c5ccc(-c6cccc7c(-c8ccccc8)nc8ccccc8c67)cc5)cc4)nc(-c4cccc(-c5ccccc5)c4)n3)c2)cc1.c1ccc(-c2nc(-c3ccc(-c4ccc(-c5cccc6c(-c7ccccc7)nc7ccccc7c56)cc4)cc3)nc(-c3ccc(-n4c5ccccc5c5ccccc54)cc3)n2)cc1. The Bertz CT molecular complexity index is 7790. The summed E-state index contributed by atoms with van der Waals surface area (Å²) in [6.45, 7) is 0. The topological polar surface area (TPSA) is 108 Å². The van der Waals surface area contributed by atoms with E-state index in [4.69, 9.17) is 39.9 Å². The highest BCUT2D eigenvalue weighted by molar-refractivity contribution is 6.19. The Morgan fingerprint density at radius 3 is 0.752 bits per heavy atom. The van der Waals surface area contributed by atoms with Crippen molar-refractivity contribution in [2.45, 2.75) is 0 Å². The first kappa shape index (κ1) is 74.4. The summed E-state index contributed by atoms with van der Waals surface area (Å²) >= 11 is 0. The first-order valence-corrected chi connectivity index (χ1v) is 42.1. The highest BCUT2D eigenvalue weighted by Crippen LogP contribution is 2.44. The van der Waals surface area contributed by atoms with Gasteiger partial charge in [0.2, 0.25) is 0 Å². The maximum absolute atomic E-state index is 5.15. The number of para-hydroxylation sites is 4. The van der Waals surface area contributed by atoms with E-state index in [1.54, 1.807) is 0 Å². The number of rotatable bonds is 15. The summed E-state index contributed by atoms with van der Waals surface area (Å²) in [7, 11) is 0. The molecule has 0 aliphatic carbocycles. The molecule has 584 valence electrons. The number of aromatic nitrogens is 9. The molecular weight excluding hydrogens is 1520 g/mol. The zero-order chi connectivity index (χ0) is 82.9. The van der Waals surface area contributed by atoms with E-state index in [-0.39, 0.29) is 0 Å². The second-order valence-corrected chi connectivity index (χ2v) is 31.2. The van der Waals surface area contributed by atoms with Crippen molar-refractivity contribution in [3.63, 3.8) is 0 Å². The third kappa shape index (κ3) is 14.6. The highest BCUT2D eigenvalue weighted by atomic mass is 15.0. The van der Waals surface area contributed by atoms with Crippen LogP contribution in [0.5, 0.6) is 0 Å². The predicted octanol–water partition coefficient (Wildman–Crippen LogP) is 29.6. The lowest BCUT2D eigenvalue weighted by Gasteiger charge is -2.14. The molecule has 23 rings (SSSR count). The van der Waals surface area contributed by atoms with Gasteiger partial charge in [-0.3, -0.25) is 0 Å². The summed E-state index contributed by atoms with van der Waals surface area (Å²) in [6.07, 6.45) is 0. The third-order valence-corrected chi connectivity index (χ3v) is 23.6.